The Morgan fingerprint density at radius 1 is 1.02 bits per heavy atom. The second-order valence-electron chi connectivity index (χ2n) is 9.78. The van der Waals surface area contributed by atoms with Crippen molar-refractivity contribution in [2.24, 2.45) is 0 Å². The van der Waals surface area contributed by atoms with E-state index in [-0.39, 0.29) is 22.2 Å². The molecule has 6 rings (SSSR count). The van der Waals surface area contributed by atoms with Gasteiger partial charge >= 0.3 is 5.91 Å². The van der Waals surface area contributed by atoms with Crippen molar-refractivity contribution in [1.29, 1.82) is 0 Å². The fourth-order valence-corrected chi connectivity index (χ4v) is 6.80. The van der Waals surface area contributed by atoms with Crippen LogP contribution in [0.15, 0.2) is 76.8 Å². The van der Waals surface area contributed by atoms with Crippen LogP contribution in [0.25, 0.3) is 11.4 Å². The maximum Gasteiger partial charge on any atom is 0.301 e. The molecule has 11 heteroatoms. The lowest BCUT2D eigenvalue weighted by atomic mass is 9.96. The van der Waals surface area contributed by atoms with Gasteiger partial charge in [-0.3, -0.25) is 14.5 Å². The number of pyridine rings is 1. The first-order valence-electron chi connectivity index (χ1n) is 12.8. The molecule has 3 aromatic heterocycles. The Morgan fingerprint density at radius 3 is 2.46 bits per heavy atom. The van der Waals surface area contributed by atoms with E-state index in [0.717, 1.165) is 11.1 Å². The smallest absolute Gasteiger partial charge is 0.301 e. The van der Waals surface area contributed by atoms with Crippen molar-refractivity contribution in [2.75, 3.05) is 4.90 Å². The Morgan fingerprint density at radius 2 is 1.76 bits per heavy atom. The number of imidazole rings is 1. The molecule has 1 aliphatic rings. The summed E-state index contributed by atoms with van der Waals surface area (Å²) in [4.78, 5) is 33.1. The summed E-state index contributed by atoms with van der Waals surface area (Å²) in [6, 6.07) is 17.9. The van der Waals surface area contributed by atoms with E-state index in [1.807, 2.05) is 43.5 Å². The van der Waals surface area contributed by atoms with Gasteiger partial charge < -0.3 is 9.51 Å². The van der Waals surface area contributed by atoms with E-state index in [2.05, 4.69) is 39.4 Å². The van der Waals surface area contributed by atoms with Crippen LogP contribution in [-0.4, -0.2) is 36.4 Å². The number of aliphatic hydroxyl groups excluding tert-OH is 1. The molecule has 1 saturated heterocycles. The average molecular weight is 602 g/mol. The molecule has 0 bridgehead atoms. The van der Waals surface area contributed by atoms with Crippen molar-refractivity contribution in [1.82, 2.24) is 19.6 Å². The van der Waals surface area contributed by atoms with Crippen LogP contribution in [0.5, 0.6) is 0 Å². The quantitative estimate of drug-likeness (QED) is 0.0761. The number of anilines is 1. The highest BCUT2D eigenvalue weighted by Crippen LogP contribution is 2.44. The van der Waals surface area contributed by atoms with Crippen molar-refractivity contribution in [2.45, 2.75) is 36.9 Å². The number of Topliss-reactive ketones (excluding diaryl/α,β-unsaturated/α-hetero) is 1. The molecular weight excluding hydrogens is 578 g/mol. The van der Waals surface area contributed by atoms with Gasteiger partial charge in [0.05, 0.1) is 17.3 Å². The third-order valence-corrected chi connectivity index (χ3v) is 9.40. The largest absolute Gasteiger partial charge is 0.505 e. The number of carbonyl (C=O) groups excluding carboxylic acids is 2. The summed E-state index contributed by atoms with van der Waals surface area (Å²) in [6.45, 7) is 5.77. The van der Waals surface area contributed by atoms with E-state index in [0.29, 0.717) is 32.0 Å². The number of aliphatic hydroxyl groups is 1. The highest BCUT2D eigenvalue weighted by molar-refractivity contribution is 8.00. The first-order chi connectivity index (χ1) is 19.7. The zero-order chi connectivity index (χ0) is 28.8. The minimum Gasteiger partial charge on any atom is -0.505 e. The molecular formula is C30H24ClN5O3S2. The van der Waals surface area contributed by atoms with Gasteiger partial charge in [-0.15, -0.1) is 10.2 Å². The van der Waals surface area contributed by atoms with Crippen molar-refractivity contribution >= 4 is 62.9 Å². The minimum atomic E-state index is -0.944. The summed E-state index contributed by atoms with van der Waals surface area (Å²) in [5.74, 6) is -1.28. The Labute approximate surface area is 249 Å². The van der Waals surface area contributed by atoms with Gasteiger partial charge in [-0.25, -0.2) is 4.98 Å². The Hall–Kier alpha value is -3.99. The Balaban J connectivity index is 1.43. The van der Waals surface area contributed by atoms with Crippen LogP contribution in [0, 0.1) is 20.8 Å². The molecule has 2 aromatic carbocycles. The number of aromatic nitrogens is 4. The molecule has 0 radical (unpaired) electrons. The fraction of sp³-hybridized carbons (Fsp3) is 0.167. The number of aryl methyl sites for hydroxylation is 3. The van der Waals surface area contributed by atoms with Crippen LogP contribution in [0.3, 0.4) is 0 Å². The molecule has 4 heterocycles. The van der Waals surface area contributed by atoms with Crippen LogP contribution < -0.4 is 4.90 Å². The molecule has 5 aromatic rings. The molecule has 1 amide bonds. The van der Waals surface area contributed by atoms with Crippen LogP contribution in [0.2, 0.25) is 5.02 Å². The highest BCUT2D eigenvalue weighted by atomic mass is 35.5. The Bertz CT molecular complexity index is 1840. The zero-order valence-corrected chi connectivity index (χ0v) is 24.7. The maximum atomic E-state index is 13.6. The zero-order valence-electron chi connectivity index (χ0n) is 22.3. The molecule has 1 aliphatic heterocycles. The molecule has 1 atom stereocenters. The topological polar surface area (TPSA) is 101 Å². The predicted octanol–water partition coefficient (Wildman–Crippen LogP) is 6.68. The lowest BCUT2D eigenvalue weighted by Gasteiger charge is -2.22. The second-order valence-corrected chi connectivity index (χ2v) is 12.4. The Kier molecular flexibility index (Phi) is 7.14. The van der Waals surface area contributed by atoms with Crippen molar-refractivity contribution in [3.05, 3.63) is 111 Å². The monoisotopic (exact) mass is 601 g/mol. The standard InChI is InChI=1S/C30H24ClN5O3S2/c1-16-6-8-19(9-7-16)15-40-30-34-33-29(41-30)36-24(20-10-12-21(31)13-11-20)22(26(38)28(36)39)25(37)23-18(3)35-14-4-5-17(2)27(35)32-23/h4-14,24,37H,15H2,1-3H3/b25-22+. The van der Waals surface area contributed by atoms with Crippen molar-refractivity contribution in [3.63, 3.8) is 0 Å². The van der Waals surface area contributed by atoms with Crippen molar-refractivity contribution in [3.8, 4) is 0 Å². The van der Waals surface area contributed by atoms with Gasteiger partial charge in [-0.1, -0.05) is 82.7 Å². The van der Waals surface area contributed by atoms with Gasteiger partial charge in [-0.05, 0) is 55.7 Å². The first kappa shape index (κ1) is 27.2. The molecule has 0 spiro atoms. The van der Waals surface area contributed by atoms with Crippen LogP contribution in [0.4, 0.5) is 5.13 Å². The molecule has 1 fully saturated rings. The fourth-order valence-electron chi connectivity index (χ4n) is 4.85. The lowest BCUT2D eigenvalue weighted by molar-refractivity contribution is -0.132. The number of hydrogen-bond acceptors (Lipinski definition) is 8. The lowest BCUT2D eigenvalue weighted by Crippen LogP contribution is -2.29. The molecule has 0 saturated carbocycles. The summed E-state index contributed by atoms with van der Waals surface area (Å²) in [5, 5.41) is 20.9. The average Bonchev–Trinajstić information content (AvgIpc) is 3.64. The second kappa shape index (κ2) is 10.8. The summed E-state index contributed by atoms with van der Waals surface area (Å²) >= 11 is 8.88. The van der Waals surface area contributed by atoms with E-state index in [1.54, 1.807) is 24.3 Å². The van der Waals surface area contributed by atoms with E-state index in [1.165, 1.54) is 33.6 Å². The van der Waals surface area contributed by atoms with Gasteiger partial charge in [0.2, 0.25) is 5.13 Å². The van der Waals surface area contributed by atoms with E-state index < -0.39 is 17.7 Å². The predicted molar refractivity (Wildman–Crippen MR) is 162 cm³/mol. The summed E-state index contributed by atoms with van der Waals surface area (Å²) in [6.07, 6.45) is 1.84. The van der Waals surface area contributed by atoms with Crippen LogP contribution >= 0.6 is 34.7 Å². The van der Waals surface area contributed by atoms with Gasteiger partial charge in [0, 0.05) is 17.0 Å². The van der Waals surface area contributed by atoms with Crippen molar-refractivity contribution < 1.29 is 14.7 Å². The molecule has 0 aliphatic carbocycles. The summed E-state index contributed by atoms with van der Waals surface area (Å²) < 4.78 is 2.50. The van der Waals surface area contributed by atoms with Crippen LogP contribution in [0.1, 0.15) is 39.7 Å². The maximum absolute atomic E-state index is 13.6. The number of halogens is 1. The first-order valence-corrected chi connectivity index (χ1v) is 14.9. The molecule has 1 unspecified atom stereocenters. The van der Waals surface area contributed by atoms with E-state index in [4.69, 9.17) is 11.6 Å². The third kappa shape index (κ3) is 4.92. The van der Waals surface area contributed by atoms with E-state index in [9.17, 15) is 14.7 Å². The number of fused-ring (bicyclic) bond motifs is 1. The molecule has 206 valence electrons. The number of hydrogen-bond donors (Lipinski definition) is 1. The van der Waals surface area contributed by atoms with Crippen LogP contribution in [-0.2, 0) is 15.3 Å². The summed E-state index contributed by atoms with van der Waals surface area (Å²) in [5.41, 5.74) is 5.30. The molecule has 8 nitrogen and oxygen atoms in total. The number of nitrogens with zero attached hydrogens (tertiary/aromatic N) is 5. The summed E-state index contributed by atoms with van der Waals surface area (Å²) in [7, 11) is 0. The SMILES string of the molecule is Cc1ccc(CSc2nnc(N3C(=O)C(=O)/C(=C(/O)c4nc5c(C)cccn5c4C)C3c3ccc(Cl)cc3)s2)cc1. The van der Waals surface area contributed by atoms with E-state index >= 15 is 0 Å². The molecule has 1 N–H and O–H groups in total. The minimum absolute atomic E-state index is 0.0643. The number of amides is 1. The number of rotatable bonds is 6. The number of ketones is 1. The molecule has 41 heavy (non-hydrogen) atoms. The van der Waals surface area contributed by atoms with Gasteiger partial charge in [0.1, 0.15) is 11.3 Å². The number of benzene rings is 2. The number of carbonyl (C=O) groups is 2. The highest BCUT2D eigenvalue weighted by Gasteiger charge is 2.48. The van der Waals surface area contributed by atoms with Gasteiger partial charge in [-0.2, -0.15) is 0 Å². The van der Waals surface area contributed by atoms with Gasteiger partial charge in [0.15, 0.2) is 10.1 Å². The normalized spacial score (nSPS) is 16.7. The third-order valence-electron chi connectivity index (χ3n) is 7.02. The number of thioether (sulfide) groups is 1. The van der Waals surface area contributed by atoms with Gasteiger partial charge in [0.25, 0.3) is 5.78 Å².